The van der Waals surface area contributed by atoms with Crippen molar-refractivity contribution in [2.45, 2.75) is 24.2 Å². The van der Waals surface area contributed by atoms with Crippen molar-refractivity contribution >= 4 is 26.8 Å². The molecule has 2 aromatic carbocycles. The standard InChI is InChI=1S/C22H23F2N3O3S/c23-19-6-5-17(13-20(19)24)31(29,30)27-11-8-15(9-12-27)22(28)25-10-7-16-14-26-21-4-2-1-3-18(16)21/h1-6,13-15,26H,7-12H2,(H,25,28). The number of para-hydroxylation sites is 1. The normalized spacial score (nSPS) is 15.9. The van der Waals surface area contributed by atoms with Crippen LogP contribution in [0.4, 0.5) is 8.78 Å². The average Bonchev–Trinajstić information content (AvgIpc) is 3.19. The smallest absolute Gasteiger partial charge is 0.243 e. The Hall–Kier alpha value is -2.78. The molecule has 4 rings (SSSR count). The van der Waals surface area contributed by atoms with Gasteiger partial charge in [0.1, 0.15) is 0 Å². The Balaban J connectivity index is 1.30. The van der Waals surface area contributed by atoms with Crippen molar-refractivity contribution in [1.82, 2.24) is 14.6 Å². The number of fused-ring (bicyclic) bond motifs is 1. The lowest BCUT2D eigenvalue weighted by atomic mass is 9.97. The van der Waals surface area contributed by atoms with Crippen LogP contribution in [0.3, 0.4) is 0 Å². The summed E-state index contributed by atoms with van der Waals surface area (Å²) in [6.07, 6.45) is 3.39. The first-order valence-electron chi connectivity index (χ1n) is 10.1. The highest BCUT2D eigenvalue weighted by Crippen LogP contribution is 2.25. The summed E-state index contributed by atoms with van der Waals surface area (Å²) in [5.41, 5.74) is 2.18. The first-order chi connectivity index (χ1) is 14.9. The fourth-order valence-corrected chi connectivity index (χ4v) is 5.43. The second-order valence-electron chi connectivity index (χ2n) is 7.65. The van der Waals surface area contributed by atoms with Gasteiger partial charge in [-0.25, -0.2) is 17.2 Å². The molecule has 1 aliphatic rings. The fourth-order valence-electron chi connectivity index (χ4n) is 3.95. The van der Waals surface area contributed by atoms with E-state index in [1.165, 1.54) is 4.31 Å². The molecule has 0 spiro atoms. The third-order valence-corrected chi connectivity index (χ3v) is 7.62. The van der Waals surface area contributed by atoms with E-state index in [9.17, 15) is 22.0 Å². The van der Waals surface area contributed by atoms with Crippen molar-refractivity contribution in [1.29, 1.82) is 0 Å². The van der Waals surface area contributed by atoms with E-state index < -0.39 is 21.7 Å². The summed E-state index contributed by atoms with van der Waals surface area (Å²) in [5.74, 6) is -2.67. The summed E-state index contributed by atoms with van der Waals surface area (Å²) in [7, 11) is -3.93. The van der Waals surface area contributed by atoms with Gasteiger partial charge in [0.25, 0.3) is 0 Å². The third-order valence-electron chi connectivity index (χ3n) is 5.72. The Kier molecular flexibility index (Phi) is 6.06. The quantitative estimate of drug-likeness (QED) is 0.609. The molecule has 164 valence electrons. The van der Waals surface area contributed by atoms with Crippen molar-refractivity contribution in [3.8, 4) is 0 Å². The van der Waals surface area contributed by atoms with Gasteiger partial charge in [-0.2, -0.15) is 4.31 Å². The number of H-pyrrole nitrogens is 1. The maximum absolute atomic E-state index is 13.4. The summed E-state index contributed by atoms with van der Waals surface area (Å²) in [5, 5.41) is 4.07. The van der Waals surface area contributed by atoms with E-state index in [0.29, 0.717) is 31.9 Å². The first kappa shape index (κ1) is 21.5. The van der Waals surface area contributed by atoms with Gasteiger partial charge in [-0.05, 0) is 49.1 Å². The maximum atomic E-state index is 13.4. The molecule has 2 heterocycles. The summed E-state index contributed by atoms with van der Waals surface area (Å²) >= 11 is 0. The lowest BCUT2D eigenvalue weighted by molar-refractivity contribution is -0.126. The molecule has 0 bridgehead atoms. The second-order valence-corrected chi connectivity index (χ2v) is 9.59. The molecule has 2 N–H and O–H groups in total. The number of amides is 1. The van der Waals surface area contributed by atoms with E-state index in [1.54, 1.807) is 0 Å². The molecule has 1 saturated heterocycles. The third kappa shape index (κ3) is 4.47. The van der Waals surface area contributed by atoms with Crippen LogP contribution >= 0.6 is 0 Å². The predicted molar refractivity (Wildman–Crippen MR) is 113 cm³/mol. The molecule has 31 heavy (non-hydrogen) atoms. The maximum Gasteiger partial charge on any atom is 0.243 e. The van der Waals surface area contributed by atoms with Crippen LogP contribution in [-0.2, 0) is 21.2 Å². The predicted octanol–water partition coefficient (Wildman–Crippen LogP) is 3.21. The molecule has 0 unspecified atom stereocenters. The van der Waals surface area contributed by atoms with E-state index in [2.05, 4.69) is 10.3 Å². The van der Waals surface area contributed by atoms with Crippen molar-refractivity contribution in [3.05, 3.63) is 65.9 Å². The van der Waals surface area contributed by atoms with Crippen LogP contribution in [0.15, 0.2) is 53.6 Å². The zero-order valence-corrected chi connectivity index (χ0v) is 17.6. The van der Waals surface area contributed by atoms with Gasteiger partial charge in [-0.3, -0.25) is 4.79 Å². The van der Waals surface area contributed by atoms with Crippen LogP contribution in [0.2, 0.25) is 0 Å². The van der Waals surface area contributed by atoms with E-state index in [1.807, 2.05) is 30.5 Å². The van der Waals surface area contributed by atoms with Crippen LogP contribution in [0.5, 0.6) is 0 Å². The van der Waals surface area contributed by atoms with Crippen LogP contribution < -0.4 is 5.32 Å². The zero-order chi connectivity index (χ0) is 22.0. The Morgan fingerprint density at radius 1 is 1.10 bits per heavy atom. The molecule has 6 nitrogen and oxygen atoms in total. The van der Waals surface area contributed by atoms with Gasteiger partial charge in [0.05, 0.1) is 4.90 Å². The minimum atomic E-state index is -3.93. The lowest BCUT2D eigenvalue weighted by Crippen LogP contribution is -2.43. The molecular formula is C22H23F2N3O3S. The SMILES string of the molecule is O=C(NCCc1c[nH]c2ccccc12)C1CCN(S(=O)(=O)c2ccc(F)c(F)c2)CC1. The van der Waals surface area contributed by atoms with E-state index >= 15 is 0 Å². The summed E-state index contributed by atoms with van der Waals surface area (Å²) in [4.78, 5) is 15.4. The highest BCUT2D eigenvalue weighted by molar-refractivity contribution is 7.89. The van der Waals surface area contributed by atoms with E-state index in [4.69, 9.17) is 0 Å². The topological polar surface area (TPSA) is 82.3 Å². The molecule has 0 radical (unpaired) electrons. The minimum Gasteiger partial charge on any atom is -0.361 e. The number of benzene rings is 2. The molecular weight excluding hydrogens is 424 g/mol. The number of nitrogens with zero attached hydrogens (tertiary/aromatic N) is 1. The van der Waals surface area contributed by atoms with Crippen molar-refractivity contribution in [3.63, 3.8) is 0 Å². The average molecular weight is 448 g/mol. The van der Waals surface area contributed by atoms with Crippen LogP contribution in [0.25, 0.3) is 10.9 Å². The number of hydrogen-bond donors (Lipinski definition) is 2. The number of aromatic nitrogens is 1. The van der Waals surface area contributed by atoms with Crippen molar-refractivity contribution in [2.75, 3.05) is 19.6 Å². The zero-order valence-electron chi connectivity index (χ0n) is 16.8. The number of nitrogens with one attached hydrogen (secondary N) is 2. The molecule has 0 aliphatic carbocycles. The highest BCUT2D eigenvalue weighted by atomic mass is 32.2. The summed E-state index contributed by atoms with van der Waals surface area (Å²) in [6, 6.07) is 10.5. The number of rotatable bonds is 6. The number of aromatic amines is 1. The Labute approximate surface area is 179 Å². The highest BCUT2D eigenvalue weighted by Gasteiger charge is 2.32. The number of sulfonamides is 1. The minimum absolute atomic E-state index is 0.0929. The first-order valence-corrected chi connectivity index (χ1v) is 11.6. The molecule has 1 aliphatic heterocycles. The molecule has 0 atom stereocenters. The second kappa shape index (κ2) is 8.76. The number of carbonyl (C=O) groups excluding carboxylic acids is 1. The largest absolute Gasteiger partial charge is 0.361 e. The Morgan fingerprint density at radius 3 is 2.58 bits per heavy atom. The Morgan fingerprint density at radius 2 is 1.84 bits per heavy atom. The van der Waals surface area contributed by atoms with Gasteiger partial charge in [0, 0.05) is 42.7 Å². The summed E-state index contributed by atoms with van der Waals surface area (Å²) < 4.78 is 53.1. The molecule has 1 amide bonds. The lowest BCUT2D eigenvalue weighted by Gasteiger charge is -2.30. The van der Waals surface area contributed by atoms with Crippen LogP contribution in [0, 0.1) is 17.6 Å². The number of halogens is 2. The van der Waals surface area contributed by atoms with Gasteiger partial charge in [0.15, 0.2) is 11.6 Å². The number of hydrogen-bond acceptors (Lipinski definition) is 3. The Bertz CT molecular complexity index is 1200. The molecule has 1 fully saturated rings. The van der Waals surface area contributed by atoms with Crippen molar-refractivity contribution in [2.24, 2.45) is 5.92 Å². The molecule has 9 heteroatoms. The molecule has 3 aromatic rings. The van der Waals surface area contributed by atoms with Gasteiger partial charge in [0.2, 0.25) is 15.9 Å². The number of piperidine rings is 1. The van der Waals surface area contributed by atoms with Crippen LogP contribution in [-0.4, -0.2) is 43.2 Å². The number of carbonyl (C=O) groups is 1. The van der Waals surface area contributed by atoms with Gasteiger partial charge < -0.3 is 10.3 Å². The molecule has 1 aromatic heterocycles. The van der Waals surface area contributed by atoms with Gasteiger partial charge >= 0.3 is 0 Å². The van der Waals surface area contributed by atoms with Gasteiger partial charge in [-0.1, -0.05) is 18.2 Å². The monoisotopic (exact) mass is 447 g/mol. The summed E-state index contributed by atoms with van der Waals surface area (Å²) in [6.45, 7) is 0.803. The van der Waals surface area contributed by atoms with Crippen LogP contribution in [0.1, 0.15) is 18.4 Å². The fraction of sp³-hybridized carbons (Fsp3) is 0.318. The molecule has 0 saturated carbocycles. The van der Waals surface area contributed by atoms with Crippen molar-refractivity contribution < 1.29 is 22.0 Å². The van der Waals surface area contributed by atoms with Gasteiger partial charge in [-0.15, -0.1) is 0 Å². The van der Waals surface area contributed by atoms with E-state index in [-0.39, 0.29) is 29.8 Å². The van der Waals surface area contributed by atoms with E-state index in [0.717, 1.165) is 28.6 Å².